The van der Waals surface area contributed by atoms with Gasteiger partial charge in [-0.25, -0.2) is 4.79 Å². The van der Waals surface area contributed by atoms with Gasteiger partial charge in [0.1, 0.15) is 11.7 Å². The molecule has 0 radical (unpaired) electrons. The third kappa shape index (κ3) is 11.6. The molecule has 1 heterocycles. The molecule has 0 aliphatic carbocycles. The Balaban J connectivity index is 2.44. The van der Waals surface area contributed by atoms with Crippen LogP contribution in [0.5, 0.6) is 0 Å². The van der Waals surface area contributed by atoms with E-state index in [0.29, 0.717) is 12.1 Å². The van der Waals surface area contributed by atoms with Gasteiger partial charge in [-0.2, -0.15) is 0 Å². The number of carboxylic acid groups (broad SMARTS) is 1. The maximum Gasteiger partial charge on any atom is 0.326 e. The van der Waals surface area contributed by atoms with Gasteiger partial charge in [0.25, 0.3) is 5.91 Å². The van der Waals surface area contributed by atoms with Crippen molar-refractivity contribution in [2.45, 2.75) is 110 Å². The lowest BCUT2D eigenvalue weighted by atomic mass is 10.0. The highest BCUT2D eigenvalue weighted by molar-refractivity contribution is 5.95. The molecule has 0 fully saturated rings. The van der Waals surface area contributed by atoms with E-state index in [1.807, 2.05) is 6.07 Å². The Morgan fingerprint density at radius 2 is 1.52 bits per heavy atom. The molecule has 5 heteroatoms. The highest BCUT2D eigenvalue weighted by atomic mass is 16.4. The van der Waals surface area contributed by atoms with Crippen LogP contribution in [0.15, 0.2) is 18.3 Å². The van der Waals surface area contributed by atoms with Crippen molar-refractivity contribution < 1.29 is 14.7 Å². The van der Waals surface area contributed by atoms with E-state index in [9.17, 15) is 14.7 Å². The highest BCUT2D eigenvalue weighted by Crippen LogP contribution is 2.12. The Kier molecular flexibility index (Phi) is 13.8. The summed E-state index contributed by atoms with van der Waals surface area (Å²) < 4.78 is 0. The number of rotatable bonds is 17. The number of hydrogen-bond acceptors (Lipinski definition) is 3. The topological polar surface area (TPSA) is 79.3 Å². The molecule has 1 rings (SSSR count). The van der Waals surface area contributed by atoms with Crippen LogP contribution in [0.25, 0.3) is 0 Å². The van der Waals surface area contributed by atoms with Gasteiger partial charge in [0.05, 0.1) is 0 Å². The van der Waals surface area contributed by atoms with Crippen molar-refractivity contribution in [2.24, 2.45) is 0 Å². The first-order chi connectivity index (χ1) is 14.1. The monoisotopic (exact) mass is 404 g/mol. The van der Waals surface area contributed by atoms with Gasteiger partial charge >= 0.3 is 5.97 Å². The van der Waals surface area contributed by atoms with Crippen molar-refractivity contribution in [3.8, 4) is 0 Å². The summed E-state index contributed by atoms with van der Waals surface area (Å²) in [4.78, 5) is 28.2. The number of aryl methyl sites for hydroxylation is 1. The molecule has 0 bridgehead atoms. The summed E-state index contributed by atoms with van der Waals surface area (Å²) in [6, 6.07) is 2.89. The van der Waals surface area contributed by atoms with Gasteiger partial charge < -0.3 is 10.4 Å². The number of nitrogens with zero attached hydrogens (tertiary/aromatic N) is 1. The summed E-state index contributed by atoms with van der Waals surface area (Å²) in [5.41, 5.74) is 1.39. The fourth-order valence-corrected chi connectivity index (χ4v) is 3.48. The molecular weight excluding hydrogens is 364 g/mol. The molecule has 0 aliphatic rings. The molecule has 1 atom stereocenters. The van der Waals surface area contributed by atoms with Gasteiger partial charge in [-0.05, 0) is 37.0 Å². The van der Waals surface area contributed by atoms with Crippen LogP contribution in [0, 0.1) is 0 Å². The first-order valence-electron chi connectivity index (χ1n) is 11.6. The van der Waals surface area contributed by atoms with Crippen LogP contribution in [0.1, 0.15) is 113 Å². The van der Waals surface area contributed by atoms with E-state index in [1.165, 1.54) is 51.4 Å². The molecule has 0 spiro atoms. The lowest BCUT2D eigenvalue weighted by Crippen LogP contribution is -2.41. The normalized spacial score (nSPS) is 11.9. The third-order valence-corrected chi connectivity index (χ3v) is 5.33. The summed E-state index contributed by atoms with van der Waals surface area (Å²) in [6.07, 6.45) is 17.0. The maximum absolute atomic E-state index is 12.5. The van der Waals surface area contributed by atoms with Crippen LogP contribution >= 0.6 is 0 Å². The predicted molar refractivity (Wildman–Crippen MR) is 118 cm³/mol. The van der Waals surface area contributed by atoms with Gasteiger partial charge in [0.15, 0.2) is 0 Å². The Labute approximate surface area is 176 Å². The zero-order valence-electron chi connectivity index (χ0n) is 18.4. The van der Waals surface area contributed by atoms with E-state index in [4.69, 9.17) is 0 Å². The quantitative estimate of drug-likeness (QED) is 0.316. The van der Waals surface area contributed by atoms with E-state index in [2.05, 4.69) is 24.1 Å². The lowest BCUT2D eigenvalue weighted by molar-refractivity contribution is -0.139. The standard InChI is InChI=1S/C24H40N2O3/c1-3-5-7-9-11-13-15-20-17-18-25-22(19-20)23(27)26-21(24(28)29)16-14-12-10-8-6-4-2/h17-19,21H,3-16H2,1-2H3,(H,26,27)(H,28,29). The second-order valence-electron chi connectivity index (χ2n) is 7.99. The average molecular weight is 405 g/mol. The van der Waals surface area contributed by atoms with Crippen LogP contribution in [-0.4, -0.2) is 28.0 Å². The fraction of sp³-hybridized carbons (Fsp3) is 0.708. The van der Waals surface area contributed by atoms with Crippen molar-refractivity contribution in [2.75, 3.05) is 0 Å². The molecular formula is C24H40N2O3. The van der Waals surface area contributed by atoms with E-state index in [1.54, 1.807) is 12.3 Å². The Bertz CT molecular complexity index is 589. The van der Waals surface area contributed by atoms with E-state index in [-0.39, 0.29) is 0 Å². The van der Waals surface area contributed by atoms with Gasteiger partial charge in [-0.15, -0.1) is 0 Å². The zero-order valence-corrected chi connectivity index (χ0v) is 18.4. The van der Waals surface area contributed by atoms with Crippen molar-refractivity contribution in [1.82, 2.24) is 10.3 Å². The molecule has 29 heavy (non-hydrogen) atoms. The number of aromatic nitrogens is 1. The summed E-state index contributed by atoms with van der Waals surface area (Å²) in [6.45, 7) is 4.39. The second-order valence-corrected chi connectivity index (χ2v) is 7.99. The minimum atomic E-state index is -0.977. The summed E-state index contributed by atoms with van der Waals surface area (Å²) >= 11 is 0. The predicted octanol–water partition coefficient (Wildman–Crippen LogP) is 5.92. The van der Waals surface area contributed by atoms with Crippen molar-refractivity contribution in [1.29, 1.82) is 0 Å². The van der Waals surface area contributed by atoms with Gasteiger partial charge in [-0.1, -0.05) is 84.5 Å². The molecule has 1 aromatic rings. The van der Waals surface area contributed by atoms with Crippen LogP contribution in [0.2, 0.25) is 0 Å². The summed E-state index contributed by atoms with van der Waals surface area (Å²) in [5.74, 6) is -1.37. The van der Waals surface area contributed by atoms with Crippen molar-refractivity contribution in [3.63, 3.8) is 0 Å². The SMILES string of the molecule is CCCCCCCCc1ccnc(C(=O)NC(CCCCCCCC)C(=O)O)c1. The minimum Gasteiger partial charge on any atom is -0.480 e. The van der Waals surface area contributed by atoms with Crippen LogP contribution in [-0.2, 0) is 11.2 Å². The lowest BCUT2D eigenvalue weighted by Gasteiger charge is -2.14. The molecule has 0 saturated carbocycles. The number of carbonyl (C=O) groups excluding carboxylic acids is 1. The van der Waals surface area contributed by atoms with E-state index < -0.39 is 17.9 Å². The summed E-state index contributed by atoms with van der Waals surface area (Å²) in [7, 11) is 0. The average Bonchev–Trinajstić information content (AvgIpc) is 2.72. The van der Waals surface area contributed by atoms with Crippen molar-refractivity contribution in [3.05, 3.63) is 29.6 Å². The first-order valence-corrected chi connectivity index (χ1v) is 11.6. The number of amides is 1. The number of hydrogen-bond donors (Lipinski definition) is 2. The fourth-order valence-electron chi connectivity index (χ4n) is 3.48. The first kappa shape index (κ1) is 25.1. The molecule has 0 aromatic carbocycles. The van der Waals surface area contributed by atoms with Crippen LogP contribution in [0.3, 0.4) is 0 Å². The maximum atomic E-state index is 12.5. The van der Waals surface area contributed by atoms with E-state index >= 15 is 0 Å². The molecule has 1 amide bonds. The molecule has 1 unspecified atom stereocenters. The largest absolute Gasteiger partial charge is 0.480 e. The Hall–Kier alpha value is -1.91. The molecule has 2 N–H and O–H groups in total. The summed E-state index contributed by atoms with van der Waals surface area (Å²) in [5, 5.41) is 12.1. The zero-order chi connectivity index (χ0) is 21.3. The number of carboxylic acids is 1. The third-order valence-electron chi connectivity index (χ3n) is 5.33. The molecule has 0 aliphatic heterocycles. The Morgan fingerprint density at radius 1 is 0.931 bits per heavy atom. The highest BCUT2D eigenvalue weighted by Gasteiger charge is 2.21. The van der Waals surface area contributed by atoms with Crippen LogP contribution in [0.4, 0.5) is 0 Å². The number of unbranched alkanes of at least 4 members (excludes halogenated alkanes) is 10. The second kappa shape index (κ2) is 15.9. The number of pyridine rings is 1. The van der Waals surface area contributed by atoms with Gasteiger partial charge in [0.2, 0.25) is 0 Å². The minimum absolute atomic E-state index is 0.308. The molecule has 164 valence electrons. The van der Waals surface area contributed by atoms with E-state index in [0.717, 1.165) is 37.7 Å². The molecule has 5 nitrogen and oxygen atoms in total. The molecule has 0 saturated heterocycles. The van der Waals surface area contributed by atoms with Crippen molar-refractivity contribution >= 4 is 11.9 Å². The van der Waals surface area contributed by atoms with Gasteiger partial charge in [-0.3, -0.25) is 9.78 Å². The van der Waals surface area contributed by atoms with Gasteiger partial charge in [0, 0.05) is 6.20 Å². The Morgan fingerprint density at radius 3 is 2.14 bits per heavy atom. The number of aliphatic carboxylic acids is 1. The molecule has 1 aromatic heterocycles. The number of nitrogens with one attached hydrogen (secondary N) is 1. The number of carbonyl (C=O) groups is 2. The smallest absolute Gasteiger partial charge is 0.326 e. The van der Waals surface area contributed by atoms with Crippen LogP contribution < -0.4 is 5.32 Å².